The van der Waals surface area contributed by atoms with E-state index >= 15 is 0 Å². The molecule has 116 valence electrons. The zero-order chi connectivity index (χ0) is 14.2. The van der Waals surface area contributed by atoms with E-state index in [0.29, 0.717) is 6.10 Å². The average molecular weight is 278 g/mol. The van der Waals surface area contributed by atoms with Gasteiger partial charge in [0.15, 0.2) is 0 Å². The molecule has 0 N–H and O–H groups in total. The molecule has 0 radical (unpaired) electrons. The van der Waals surface area contributed by atoms with Crippen LogP contribution in [0, 0.1) is 17.8 Å². The Morgan fingerprint density at radius 2 is 1.50 bits per heavy atom. The van der Waals surface area contributed by atoms with Crippen LogP contribution in [0.25, 0.3) is 0 Å². The van der Waals surface area contributed by atoms with Gasteiger partial charge in [0, 0.05) is 7.11 Å². The minimum atomic E-state index is 0.559. The Morgan fingerprint density at radius 1 is 0.900 bits per heavy atom. The normalized spacial score (nSPS) is 35.5. The maximum Gasteiger partial charge on any atom is 0.0571 e. The highest BCUT2D eigenvalue weighted by atomic mass is 16.5. The summed E-state index contributed by atoms with van der Waals surface area (Å²) in [4.78, 5) is 0. The average Bonchev–Trinajstić information content (AvgIpc) is 2.52. The van der Waals surface area contributed by atoms with Crippen molar-refractivity contribution < 1.29 is 4.74 Å². The highest BCUT2D eigenvalue weighted by molar-refractivity contribution is 4.92. The van der Waals surface area contributed by atoms with E-state index in [1.54, 1.807) is 0 Å². The number of hydrogen-bond acceptors (Lipinski definition) is 1. The maximum absolute atomic E-state index is 5.50. The molecule has 2 rings (SSSR count). The Bertz CT molecular complexity index is 267. The highest BCUT2D eigenvalue weighted by Gasteiger charge is 2.30. The summed E-state index contributed by atoms with van der Waals surface area (Å²) in [6.45, 7) is 2.28. The van der Waals surface area contributed by atoms with Gasteiger partial charge >= 0.3 is 0 Å². The van der Waals surface area contributed by atoms with Gasteiger partial charge in [0.2, 0.25) is 0 Å². The van der Waals surface area contributed by atoms with E-state index in [2.05, 4.69) is 19.1 Å². The molecule has 1 heteroatoms. The summed E-state index contributed by atoms with van der Waals surface area (Å²) < 4.78 is 5.50. The van der Waals surface area contributed by atoms with Crippen molar-refractivity contribution in [2.45, 2.75) is 83.7 Å². The molecule has 2 aliphatic carbocycles. The van der Waals surface area contributed by atoms with Crippen LogP contribution in [0.1, 0.15) is 77.6 Å². The molecule has 0 amide bonds. The van der Waals surface area contributed by atoms with Gasteiger partial charge in [-0.15, -0.1) is 0 Å². The molecule has 0 heterocycles. The third-order valence-corrected chi connectivity index (χ3v) is 5.67. The molecule has 2 saturated carbocycles. The Balaban J connectivity index is 1.65. The Kier molecular flexibility index (Phi) is 7.13. The van der Waals surface area contributed by atoms with Gasteiger partial charge in [-0.05, 0) is 75.5 Å². The van der Waals surface area contributed by atoms with Gasteiger partial charge in [-0.2, -0.15) is 0 Å². The van der Waals surface area contributed by atoms with Crippen molar-refractivity contribution in [3.05, 3.63) is 12.2 Å². The Labute approximate surface area is 126 Å². The SMILES string of the molecule is CCCC/C=C/[C@H]1CC[C@H](C2CCC(OC)CC2)CC1. The fourth-order valence-corrected chi connectivity index (χ4v) is 4.22. The summed E-state index contributed by atoms with van der Waals surface area (Å²) in [7, 11) is 1.88. The smallest absolute Gasteiger partial charge is 0.0571 e. The number of rotatable bonds is 6. The fourth-order valence-electron chi connectivity index (χ4n) is 4.22. The summed E-state index contributed by atoms with van der Waals surface area (Å²) in [5.41, 5.74) is 0. The molecular formula is C19H34O. The molecule has 2 fully saturated rings. The van der Waals surface area contributed by atoms with Crippen LogP contribution in [-0.2, 0) is 4.74 Å². The van der Waals surface area contributed by atoms with E-state index in [-0.39, 0.29) is 0 Å². The summed E-state index contributed by atoms with van der Waals surface area (Å²) in [5.74, 6) is 2.91. The summed E-state index contributed by atoms with van der Waals surface area (Å²) in [6.07, 6.45) is 20.8. The molecular weight excluding hydrogens is 244 g/mol. The van der Waals surface area contributed by atoms with Crippen LogP contribution in [0.3, 0.4) is 0 Å². The van der Waals surface area contributed by atoms with Gasteiger partial charge in [0.05, 0.1) is 6.10 Å². The monoisotopic (exact) mass is 278 g/mol. The zero-order valence-corrected chi connectivity index (χ0v) is 13.7. The summed E-state index contributed by atoms with van der Waals surface area (Å²) >= 11 is 0. The quantitative estimate of drug-likeness (QED) is 0.444. The molecule has 0 aliphatic heterocycles. The number of hydrogen-bond donors (Lipinski definition) is 0. The van der Waals surface area contributed by atoms with Crippen molar-refractivity contribution in [1.82, 2.24) is 0 Å². The van der Waals surface area contributed by atoms with Crippen molar-refractivity contribution in [3.8, 4) is 0 Å². The van der Waals surface area contributed by atoms with Gasteiger partial charge < -0.3 is 4.74 Å². The lowest BCUT2D eigenvalue weighted by Crippen LogP contribution is -2.27. The Hall–Kier alpha value is -0.300. The molecule has 2 aliphatic rings. The first kappa shape index (κ1) is 16.1. The lowest BCUT2D eigenvalue weighted by molar-refractivity contribution is 0.0405. The number of methoxy groups -OCH3 is 1. The number of ether oxygens (including phenoxy) is 1. The van der Waals surface area contributed by atoms with Gasteiger partial charge in [0.1, 0.15) is 0 Å². The van der Waals surface area contributed by atoms with E-state index in [1.807, 2.05) is 7.11 Å². The van der Waals surface area contributed by atoms with E-state index in [4.69, 9.17) is 4.74 Å². The van der Waals surface area contributed by atoms with Crippen molar-refractivity contribution in [2.75, 3.05) is 7.11 Å². The van der Waals surface area contributed by atoms with E-state index in [1.165, 1.54) is 70.6 Å². The predicted octanol–water partition coefficient (Wildman–Crippen LogP) is 5.74. The van der Waals surface area contributed by atoms with Crippen molar-refractivity contribution in [2.24, 2.45) is 17.8 Å². The van der Waals surface area contributed by atoms with Crippen LogP contribution in [0.4, 0.5) is 0 Å². The van der Waals surface area contributed by atoms with Gasteiger partial charge in [-0.25, -0.2) is 0 Å². The lowest BCUT2D eigenvalue weighted by Gasteiger charge is -2.37. The van der Waals surface area contributed by atoms with Crippen LogP contribution < -0.4 is 0 Å². The van der Waals surface area contributed by atoms with Crippen LogP contribution >= 0.6 is 0 Å². The van der Waals surface area contributed by atoms with Crippen molar-refractivity contribution in [3.63, 3.8) is 0 Å². The molecule has 0 aromatic carbocycles. The van der Waals surface area contributed by atoms with Crippen LogP contribution in [0.5, 0.6) is 0 Å². The second-order valence-corrected chi connectivity index (χ2v) is 7.02. The summed E-state index contributed by atoms with van der Waals surface area (Å²) in [6, 6.07) is 0. The van der Waals surface area contributed by atoms with Crippen LogP contribution in [0.2, 0.25) is 0 Å². The van der Waals surface area contributed by atoms with Crippen molar-refractivity contribution in [1.29, 1.82) is 0 Å². The predicted molar refractivity (Wildman–Crippen MR) is 86.9 cm³/mol. The maximum atomic E-state index is 5.50. The minimum absolute atomic E-state index is 0.559. The van der Waals surface area contributed by atoms with Gasteiger partial charge in [-0.3, -0.25) is 0 Å². The second kappa shape index (κ2) is 8.87. The molecule has 1 nitrogen and oxygen atoms in total. The van der Waals surface area contributed by atoms with E-state index in [0.717, 1.165) is 17.8 Å². The summed E-state index contributed by atoms with van der Waals surface area (Å²) in [5, 5.41) is 0. The van der Waals surface area contributed by atoms with Crippen LogP contribution in [0.15, 0.2) is 12.2 Å². The fraction of sp³-hybridized carbons (Fsp3) is 0.895. The molecule has 0 atom stereocenters. The minimum Gasteiger partial charge on any atom is -0.381 e. The topological polar surface area (TPSA) is 9.23 Å². The molecule has 0 aromatic heterocycles. The largest absolute Gasteiger partial charge is 0.381 e. The zero-order valence-electron chi connectivity index (χ0n) is 13.7. The van der Waals surface area contributed by atoms with Crippen molar-refractivity contribution >= 4 is 0 Å². The first-order chi connectivity index (χ1) is 9.83. The molecule has 0 saturated heterocycles. The molecule has 0 spiro atoms. The Morgan fingerprint density at radius 3 is 2.05 bits per heavy atom. The lowest BCUT2D eigenvalue weighted by atomic mass is 9.70. The number of allylic oxidation sites excluding steroid dienone is 2. The first-order valence-electron chi connectivity index (χ1n) is 9.03. The van der Waals surface area contributed by atoms with Gasteiger partial charge in [0.25, 0.3) is 0 Å². The second-order valence-electron chi connectivity index (χ2n) is 7.02. The van der Waals surface area contributed by atoms with E-state index < -0.39 is 0 Å². The standard InChI is InChI=1S/C19H34O/c1-3-4-5-6-7-16-8-10-17(11-9-16)18-12-14-19(20-2)15-13-18/h6-7,16-19H,3-5,8-15H2,1-2H3/b7-6+/t16-,17-,18?,19?. The first-order valence-corrected chi connectivity index (χ1v) is 9.03. The molecule has 0 aromatic rings. The third-order valence-electron chi connectivity index (χ3n) is 5.67. The van der Waals surface area contributed by atoms with Gasteiger partial charge in [-0.1, -0.05) is 31.9 Å². The molecule has 20 heavy (non-hydrogen) atoms. The third kappa shape index (κ3) is 4.91. The molecule has 0 unspecified atom stereocenters. The molecule has 0 bridgehead atoms. The highest BCUT2D eigenvalue weighted by Crippen LogP contribution is 2.40. The number of unbranched alkanes of at least 4 members (excludes halogenated alkanes) is 2. The van der Waals surface area contributed by atoms with E-state index in [9.17, 15) is 0 Å². The van der Waals surface area contributed by atoms with Crippen LogP contribution in [-0.4, -0.2) is 13.2 Å².